The van der Waals surface area contributed by atoms with Gasteiger partial charge in [0, 0.05) is 25.1 Å². The molecule has 4 aromatic rings. The molecule has 0 aliphatic rings. The Morgan fingerprint density at radius 2 is 2.04 bits per heavy atom. The molecule has 0 bridgehead atoms. The Balaban J connectivity index is 1.56. The Morgan fingerprint density at radius 3 is 2.88 bits per heavy atom. The number of amides is 1. The lowest BCUT2D eigenvalue weighted by Gasteiger charge is -2.08. The van der Waals surface area contributed by atoms with Gasteiger partial charge in [0.05, 0.1) is 10.2 Å². The number of hydrogen-bond acceptors (Lipinski definition) is 4. The SMILES string of the molecule is Cc1ccc2nc(NC(=O)c3cccn3Cc3ccncc3)sc2c1. The smallest absolute Gasteiger partial charge is 0.274 e. The van der Waals surface area contributed by atoms with Gasteiger partial charge >= 0.3 is 0 Å². The zero-order valence-corrected chi connectivity index (χ0v) is 14.5. The van der Waals surface area contributed by atoms with E-state index in [2.05, 4.69) is 21.4 Å². The van der Waals surface area contributed by atoms with Crippen molar-refractivity contribution in [2.75, 3.05) is 5.32 Å². The molecule has 0 atom stereocenters. The van der Waals surface area contributed by atoms with Crippen molar-refractivity contribution in [3.63, 3.8) is 0 Å². The summed E-state index contributed by atoms with van der Waals surface area (Å²) < 4.78 is 2.99. The van der Waals surface area contributed by atoms with Crippen LogP contribution >= 0.6 is 11.3 Å². The summed E-state index contributed by atoms with van der Waals surface area (Å²) in [7, 11) is 0. The van der Waals surface area contributed by atoms with Gasteiger partial charge in [-0.25, -0.2) is 4.98 Å². The van der Waals surface area contributed by atoms with Crippen molar-refractivity contribution in [1.82, 2.24) is 14.5 Å². The summed E-state index contributed by atoms with van der Waals surface area (Å²) in [5, 5.41) is 3.53. The molecule has 6 heteroatoms. The molecule has 0 unspecified atom stereocenters. The summed E-state index contributed by atoms with van der Waals surface area (Å²) in [6.07, 6.45) is 5.40. The third kappa shape index (κ3) is 3.29. The number of aromatic nitrogens is 3. The maximum absolute atomic E-state index is 12.7. The van der Waals surface area contributed by atoms with Crippen LogP contribution in [0.15, 0.2) is 61.1 Å². The van der Waals surface area contributed by atoms with Gasteiger partial charge in [0.2, 0.25) is 0 Å². The molecular formula is C19H16N4OS. The molecule has 3 aromatic heterocycles. The number of carbonyl (C=O) groups excluding carboxylic acids is 1. The van der Waals surface area contributed by atoms with Crippen LogP contribution in [0.3, 0.4) is 0 Å². The van der Waals surface area contributed by atoms with Gasteiger partial charge in [0.25, 0.3) is 5.91 Å². The first-order valence-corrected chi connectivity index (χ1v) is 8.73. The Bertz CT molecular complexity index is 1040. The van der Waals surface area contributed by atoms with Crippen molar-refractivity contribution in [3.05, 3.63) is 77.9 Å². The number of nitrogens with zero attached hydrogens (tertiary/aromatic N) is 3. The summed E-state index contributed by atoms with van der Waals surface area (Å²) in [4.78, 5) is 21.2. The molecule has 0 saturated heterocycles. The van der Waals surface area contributed by atoms with Crippen LogP contribution in [0.1, 0.15) is 21.6 Å². The third-order valence-electron chi connectivity index (χ3n) is 3.93. The number of thiazole rings is 1. The van der Waals surface area contributed by atoms with Crippen LogP contribution in [-0.2, 0) is 6.54 Å². The van der Waals surface area contributed by atoms with E-state index in [0.717, 1.165) is 15.8 Å². The molecule has 0 aliphatic carbocycles. The molecule has 0 aliphatic heterocycles. The van der Waals surface area contributed by atoms with Crippen LogP contribution in [-0.4, -0.2) is 20.4 Å². The van der Waals surface area contributed by atoms with Crippen molar-refractivity contribution in [1.29, 1.82) is 0 Å². The molecule has 3 heterocycles. The Morgan fingerprint density at radius 1 is 1.20 bits per heavy atom. The van der Waals surface area contributed by atoms with E-state index in [-0.39, 0.29) is 5.91 Å². The van der Waals surface area contributed by atoms with E-state index in [1.807, 2.05) is 54.1 Å². The van der Waals surface area contributed by atoms with Crippen molar-refractivity contribution >= 4 is 32.6 Å². The van der Waals surface area contributed by atoms with E-state index in [0.29, 0.717) is 17.4 Å². The van der Waals surface area contributed by atoms with E-state index in [1.54, 1.807) is 12.4 Å². The Labute approximate surface area is 149 Å². The molecule has 0 spiro atoms. The monoisotopic (exact) mass is 348 g/mol. The van der Waals surface area contributed by atoms with Crippen LogP contribution in [0.2, 0.25) is 0 Å². The molecule has 5 nitrogen and oxygen atoms in total. The average molecular weight is 348 g/mol. The van der Waals surface area contributed by atoms with Gasteiger partial charge in [-0.15, -0.1) is 0 Å². The van der Waals surface area contributed by atoms with Crippen molar-refractivity contribution in [2.45, 2.75) is 13.5 Å². The van der Waals surface area contributed by atoms with Gasteiger partial charge in [-0.05, 0) is 54.4 Å². The number of benzene rings is 1. The van der Waals surface area contributed by atoms with Crippen LogP contribution in [0.4, 0.5) is 5.13 Å². The average Bonchev–Trinajstić information content (AvgIpc) is 3.21. The van der Waals surface area contributed by atoms with Gasteiger partial charge in [-0.3, -0.25) is 15.1 Å². The second-order valence-electron chi connectivity index (χ2n) is 5.82. The zero-order chi connectivity index (χ0) is 17.2. The molecule has 1 amide bonds. The minimum atomic E-state index is -0.158. The minimum absolute atomic E-state index is 0.158. The van der Waals surface area contributed by atoms with E-state index in [4.69, 9.17) is 0 Å². The highest BCUT2D eigenvalue weighted by Crippen LogP contribution is 2.27. The number of nitrogens with one attached hydrogen (secondary N) is 1. The van der Waals surface area contributed by atoms with Gasteiger partial charge in [0.15, 0.2) is 5.13 Å². The number of hydrogen-bond donors (Lipinski definition) is 1. The molecule has 124 valence electrons. The van der Waals surface area contributed by atoms with Crippen LogP contribution in [0.25, 0.3) is 10.2 Å². The minimum Gasteiger partial charge on any atom is -0.339 e. The number of rotatable bonds is 4. The molecule has 1 aromatic carbocycles. The fraction of sp³-hybridized carbons (Fsp3) is 0.105. The highest BCUT2D eigenvalue weighted by atomic mass is 32.1. The number of anilines is 1. The molecule has 25 heavy (non-hydrogen) atoms. The molecule has 0 fully saturated rings. The van der Waals surface area contributed by atoms with Crippen molar-refractivity contribution in [3.8, 4) is 0 Å². The fourth-order valence-corrected chi connectivity index (χ4v) is 3.65. The van der Waals surface area contributed by atoms with Gasteiger partial charge in [-0.1, -0.05) is 17.4 Å². The van der Waals surface area contributed by atoms with Crippen molar-refractivity contribution in [2.24, 2.45) is 0 Å². The number of carbonyl (C=O) groups is 1. The summed E-state index contributed by atoms with van der Waals surface area (Å²) in [5.41, 5.74) is 3.78. The van der Waals surface area contributed by atoms with Gasteiger partial charge in [0.1, 0.15) is 5.69 Å². The summed E-state index contributed by atoms with van der Waals surface area (Å²) in [5.74, 6) is -0.158. The lowest BCUT2D eigenvalue weighted by Crippen LogP contribution is -2.17. The maximum Gasteiger partial charge on any atom is 0.274 e. The summed E-state index contributed by atoms with van der Waals surface area (Å²) in [6.45, 7) is 2.67. The van der Waals surface area contributed by atoms with E-state index < -0.39 is 0 Å². The second-order valence-corrected chi connectivity index (χ2v) is 6.85. The first-order chi connectivity index (χ1) is 12.2. The molecule has 0 radical (unpaired) electrons. The highest BCUT2D eigenvalue weighted by Gasteiger charge is 2.14. The second kappa shape index (κ2) is 6.49. The number of aryl methyl sites for hydroxylation is 1. The van der Waals surface area contributed by atoms with Crippen molar-refractivity contribution < 1.29 is 4.79 Å². The summed E-state index contributed by atoms with van der Waals surface area (Å²) in [6, 6.07) is 13.6. The first-order valence-electron chi connectivity index (χ1n) is 7.91. The Kier molecular flexibility index (Phi) is 4.03. The fourth-order valence-electron chi connectivity index (χ4n) is 2.69. The molecular weight excluding hydrogens is 332 g/mol. The van der Waals surface area contributed by atoms with Crippen LogP contribution < -0.4 is 5.32 Å². The zero-order valence-electron chi connectivity index (χ0n) is 13.6. The van der Waals surface area contributed by atoms with E-state index >= 15 is 0 Å². The quantitative estimate of drug-likeness (QED) is 0.604. The third-order valence-corrected chi connectivity index (χ3v) is 4.86. The standard InChI is InChI=1S/C19H16N4OS/c1-13-4-5-15-17(11-13)25-19(21-15)22-18(24)16-3-2-10-23(16)12-14-6-8-20-9-7-14/h2-11H,12H2,1H3,(H,21,22,24). The maximum atomic E-state index is 12.7. The topological polar surface area (TPSA) is 59.8 Å². The van der Waals surface area contributed by atoms with E-state index in [9.17, 15) is 4.79 Å². The Hall–Kier alpha value is -2.99. The predicted molar refractivity (Wildman–Crippen MR) is 100 cm³/mol. The highest BCUT2D eigenvalue weighted by molar-refractivity contribution is 7.22. The summed E-state index contributed by atoms with van der Waals surface area (Å²) >= 11 is 1.49. The molecule has 0 saturated carbocycles. The van der Waals surface area contributed by atoms with Crippen LogP contribution in [0.5, 0.6) is 0 Å². The van der Waals surface area contributed by atoms with Crippen LogP contribution in [0, 0.1) is 6.92 Å². The first kappa shape index (κ1) is 15.5. The van der Waals surface area contributed by atoms with E-state index in [1.165, 1.54) is 16.9 Å². The normalized spacial score (nSPS) is 10.9. The lowest BCUT2D eigenvalue weighted by molar-refractivity contribution is 0.101. The lowest BCUT2D eigenvalue weighted by atomic mass is 10.2. The predicted octanol–water partition coefficient (Wildman–Crippen LogP) is 4.10. The largest absolute Gasteiger partial charge is 0.339 e. The number of pyridine rings is 1. The molecule has 1 N–H and O–H groups in total. The molecule has 4 rings (SSSR count). The van der Waals surface area contributed by atoms with Gasteiger partial charge in [-0.2, -0.15) is 0 Å². The van der Waals surface area contributed by atoms with Gasteiger partial charge < -0.3 is 4.57 Å². The number of fused-ring (bicyclic) bond motifs is 1.